The van der Waals surface area contributed by atoms with E-state index < -0.39 is 17.5 Å². The summed E-state index contributed by atoms with van der Waals surface area (Å²) in [7, 11) is 0. The Morgan fingerprint density at radius 2 is 1.87 bits per heavy atom. The summed E-state index contributed by atoms with van der Waals surface area (Å²) in [6.45, 7) is 2.54. The standard InChI is InChI=1S/C10H10F3NO/c1-5-3-7(14)4-8(10(11,12)13)9(5)6(2)15/h3-4H,14H2,1-2H3. The van der Waals surface area contributed by atoms with E-state index in [0.717, 1.165) is 13.0 Å². The summed E-state index contributed by atoms with van der Waals surface area (Å²) < 4.78 is 37.7. The van der Waals surface area contributed by atoms with E-state index in [2.05, 4.69) is 0 Å². The fraction of sp³-hybridized carbons (Fsp3) is 0.300. The van der Waals surface area contributed by atoms with Crippen molar-refractivity contribution in [2.45, 2.75) is 20.0 Å². The summed E-state index contributed by atoms with van der Waals surface area (Å²) in [6.07, 6.45) is -4.55. The van der Waals surface area contributed by atoms with E-state index in [0.29, 0.717) is 0 Å². The SMILES string of the molecule is CC(=O)c1c(C)cc(N)cc1C(F)(F)F. The highest BCUT2D eigenvalue weighted by Crippen LogP contribution is 2.35. The fourth-order valence-corrected chi connectivity index (χ4v) is 1.51. The third kappa shape index (κ3) is 2.29. The van der Waals surface area contributed by atoms with Crippen LogP contribution in [-0.4, -0.2) is 5.78 Å². The van der Waals surface area contributed by atoms with E-state index in [1.807, 2.05) is 0 Å². The van der Waals surface area contributed by atoms with Gasteiger partial charge in [0.1, 0.15) is 0 Å². The molecule has 0 spiro atoms. The Labute approximate surface area is 84.9 Å². The molecule has 82 valence electrons. The van der Waals surface area contributed by atoms with E-state index in [9.17, 15) is 18.0 Å². The normalized spacial score (nSPS) is 11.5. The first-order valence-electron chi connectivity index (χ1n) is 4.21. The van der Waals surface area contributed by atoms with Crippen LogP contribution in [0.15, 0.2) is 12.1 Å². The molecule has 0 atom stereocenters. The van der Waals surface area contributed by atoms with Gasteiger partial charge < -0.3 is 5.73 Å². The molecular formula is C10H10F3NO. The molecule has 0 aromatic heterocycles. The molecule has 0 unspecified atom stereocenters. The number of benzene rings is 1. The molecule has 1 rings (SSSR count). The van der Waals surface area contributed by atoms with Gasteiger partial charge in [-0.3, -0.25) is 4.79 Å². The number of halogens is 3. The predicted molar refractivity (Wildman–Crippen MR) is 50.6 cm³/mol. The smallest absolute Gasteiger partial charge is 0.399 e. The maximum Gasteiger partial charge on any atom is 0.417 e. The summed E-state index contributed by atoms with van der Waals surface area (Å²) in [6, 6.07) is 2.13. The molecule has 0 aliphatic rings. The fourth-order valence-electron chi connectivity index (χ4n) is 1.51. The van der Waals surface area contributed by atoms with Crippen molar-refractivity contribution in [3.05, 3.63) is 28.8 Å². The molecule has 0 bridgehead atoms. The van der Waals surface area contributed by atoms with Gasteiger partial charge in [0.15, 0.2) is 5.78 Å². The Hall–Kier alpha value is -1.52. The molecule has 0 fully saturated rings. The number of ketones is 1. The van der Waals surface area contributed by atoms with E-state index >= 15 is 0 Å². The Bertz CT molecular complexity index is 410. The molecule has 0 amide bonds. The molecule has 1 aromatic carbocycles. The van der Waals surface area contributed by atoms with Crippen LogP contribution in [0.5, 0.6) is 0 Å². The molecule has 1 aromatic rings. The number of alkyl halides is 3. The van der Waals surface area contributed by atoms with Crippen LogP contribution >= 0.6 is 0 Å². The van der Waals surface area contributed by atoms with Crippen molar-refractivity contribution in [2.24, 2.45) is 0 Å². The third-order valence-corrected chi connectivity index (χ3v) is 2.02. The number of rotatable bonds is 1. The number of anilines is 1. The van der Waals surface area contributed by atoms with Crippen molar-refractivity contribution in [3.8, 4) is 0 Å². The minimum Gasteiger partial charge on any atom is -0.399 e. The summed E-state index contributed by atoms with van der Waals surface area (Å²) in [5.41, 5.74) is 4.29. The first-order chi connectivity index (χ1) is 6.73. The Morgan fingerprint density at radius 3 is 2.27 bits per heavy atom. The Morgan fingerprint density at radius 1 is 1.33 bits per heavy atom. The van der Waals surface area contributed by atoms with Gasteiger partial charge in [-0.2, -0.15) is 13.2 Å². The molecule has 2 N–H and O–H groups in total. The maximum atomic E-state index is 12.6. The van der Waals surface area contributed by atoms with Gasteiger partial charge in [0.2, 0.25) is 0 Å². The average Bonchev–Trinajstić information content (AvgIpc) is 1.99. The van der Waals surface area contributed by atoms with Crippen LogP contribution in [0.3, 0.4) is 0 Å². The first kappa shape index (κ1) is 11.6. The molecule has 15 heavy (non-hydrogen) atoms. The molecule has 0 radical (unpaired) electrons. The second kappa shape index (κ2) is 3.56. The van der Waals surface area contributed by atoms with Crippen LogP contribution < -0.4 is 5.73 Å². The Kier molecular flexibility index (Phi) is 2.75. The molecule has 5 heteroatoms. The number of carbonyl (C=O) groups excluding carboxylic acids is 1. The third-order valence-electron chi connectivity index (χ3n) is 2.02. The van der Waals surface area contributed by atoms with Crippen molar-refractivity contribution in [1.82, 2.24) is 0 Å². The number of Topliss-reactive ketones (excluding diaryl/α,β-unsaturated/α-hetero) is 1. The number of nitrogens with two attached hydrogens (primary N) is 1. The average molecular weight is 217 g/mol. The van der Waals surface area contributed by atoms with E-state index in [-0.39, 0.29) is 16.8 Å². The zero-order chi connectivity index (χ0) is 11.8. The highest BCUT2D eigenvalue weighted by atomic mass is 19.4. The highest BCUT2D eigenvalue weighted by Gasteiger charge is 2.35. The van der Waals surface area contributed by atoms with Crippen LogP contribution in [0.4, 0.5) is 18.9 Å². The van der Waals surface area contributed by atoms with Crippen LogP contribution in [-0.2, 0) is 6.18 Å². The van der Waals surface area contributed by atoms with Gasteiger partial charge in [-0.25, -0.2) is 0 Å². The lowest BCUT2D eigenvalue weighted by molar-refractivity contribution is -0.137. The minimum atomic E-state index is -4.55. The van der Waals surface area contributed by atoms with Crippen LogP contribution in [0.25, 0.3) is 0 Å². The monoisotopic (exact) mass is 217 g/mol. The number of carbonyl (C=O) groups is 1. The van der Waals surface area contributed by atoms with Crippen LogP contribution in [0, 0.1) is 6.92 Å². The topological polar surface area (TPSA) is 43.1 Å². The van der Waals surface area contributed by atoms with Crippen molar-refractivity contribution in [2.75, 3.05) is 5.73 Å². The van der Waals surface area contributed by atoms with Gasteiger partial charge in [0.05, 0.1) is 5.56 Å². The van der Waals surface area contributed by atoms with Gasteiger partial charge in [-0.05, 0) is 31.5 Å². The summed E-state index contributed by atoms with van der Waals surface area (Å²) >= 11 is 0. The van der Waals surface area contributed by atoms with E-state index in [1.165, 1.54) is 13.0 Å². The zero-order valence-corrected chi connectivity index (χ0v) is 8.27. The lowest BCUT2D eigenvalue weighted by Gasteiger charge is -2.14. The number of hydrogen-bond donors (Lipinski definition) is 1. The molecule has 0 aliphatic heterocycles. The highest BCUT2D eigenvalue weighted by molar-refractivity contribution is 5.97. The molecule has 0 saturated heterocycles. The van der Waals surface area contributed by atoms with Crippen LogP contribution in [0.2, 0.25) is 0 Å². The second-order valence-corrected chi connectivity index (χ2v) is 3.31. The van der Waals surface area contributed by atoms with E-state index in [1.54, 1.807) is 0 Å². The number of nitrogen functional groups attached to an aromatic ring is 1. The molecule has 2 nitrogen and oxygen atoms in total. The van der Waals surface area contributed by atoms with Crippen molar-refractivity contribution < 1.29 is 18.0 Å². The predicted octanol–water partition coefficient (Wildman–Crippen LogP) is 2.80. The largest absolute Gasteiger partial charge is 0.417 e. The molecular weight excluding hydrogens is 207 g/mol. The summed E-state index contributed by atoms with van der Waals surface area (Å²) in [5.74, 6) is -0.611. The summed E-state index contributed by atoms with van der Waals surface area (Å²) in [4.78, 5) is 11.1. The van der Waals surface area contributed by atoms with Crippen LogP contribution in [0.1, 0.15) is 28.4 Å². The zero-order valence-electron chi connectivity index (χ0n) is 8.27. The molecule has 0 heterocycles. The second-order valence-electron chi connectivity index (χ2n) is 3.31. The lowest BCUT2D eigenvalue weighted by Crippen LogP contribution is -2.14. The lowest BCUT2D eigenvalue weighted by atomic mass is 9.97. The molecule has 0 aliphatic carbocycles. The van der Waals surface area contributed by atoms with Gasteiger partial charge >= 0.3 is 6.18 Å². The number of hydrogen-bond acceptors (Lipinski definition) is 2. The minimum absolute atomic E-state index is 0.00447. The Balaban J connectivity index is 3.54. The number of aryl methyl sites for hydroxylation is 1. The quantitative estimate of drug-likeness (QED) is 0.580. The van der Waals surface area contributed by atoms with Gasteiger partial charge in [0, 0.05) is 11.3 Å². The van der Waals surface area contributed by atoms with Gasteiger partial charge in [-0.15, -0.1) is 0 Å². The van der Waals surface area contributed by atoms with Crippen molar-refractivity contribution >= 4 is 11.5 Å². The van der Waals surface area contributed by atoms with E-state index in [4.69, 9.17) is 5.73 Å². The molecule has 0 saturated carbocycles. The van der Waals surface area contributed by atoms with Crippen molar-refractivity contribution in [1.29, 1.82) is 0 Å². The summed E-state index contributed by atoms with van der Waals surface area (Å²) in [5, 5.41) is 0. The van der Waals surface area contributed by atoms with Crippen molar-refractivity contribution in [3.63, 3.8) is 0 Å². The van der Waals surface area contributed by atoms with Gasteiger partial charge in [-0.1, -0.05) is 0 Å². The first-order valence-corrected chi connectivity index (χ1v) is 4.21. The maximum absolute atomic E-state index is 12.6. The van der Waals surface area contributed by atoms with Gasteiger partial charge in [0.25, 0.3) is 0 Å².